The molecule has 0 aliphatic heterocycles. The van der Waals surface area contributed by atoms with E-state index >= 15 is 0 Å². The van der Waals surface area contributed by atoms with Crippen LogP contribution < -0.4 is 5.32 Å². The molecule has 3 aromatic carbocycles. The molecule has 0 saturated heterocycles. The minimum Gasteiger partial charge on any atom is -0.504 e. The van der Waals surface area contributed by atoms with Gasteiger partial charge in [0, 0.05) is 18.7 Å². The number of phenolic OH excluding ortho intramolecular Hbond substituents is 2. The van der Waals surface area contributed by atoms with Crippen molar-refractivity contribution in [1.82, 2.24) is 10.2 Å². The molecule has 3 rings (SSSR count). The van der Waals surface area contributed by atoms with Crippen LogP contribution in [0, 0.1) is 5.92 Å². The molecule has 0 radical (unpaired) electrons. The molecule has 0 aromatic heterocycles. The van der Waals surface area contributed by atoms with Crippen LogP contribution in [0.25, 0.3) is 10.8 Å². The highest BCUT2D eigenvalue weighted by molar-refractivity contribution is 6.08. The van der Waals surface area contributed by atoms with E-state index in [4.69, 9.17) is 0 Å². The minimum absolute atomic E-state index is 0.0556. The van der Waals surface area contributed by atoms with Gasteiger partial charge in [0.15, 0.2) is 11.5 Å². The average molecular weight is 463 g/mol. The summed E-state index contributed by atoms with van der Waals surface area (Å²) < 4.78 is 0. The fourth-order valence-corrected chi connectivity index (χ4v) is 4.16. The van der Waals surface area contributed by atoms with Gasteiger partial charge < -0.3 is 20.4 Å². The topological polar surface area (TPSA) is 89.9 Å². The second-order valence-corrected chi connectivity index (χ2v) is 8.72. The van der Waals surface area contributed by atoms with Crippen molar-refractivity contribution >= 4 is 22.6 Å². The van der Waals surface area contributed by atoms with Crippen LogP contribution in [0.1, 0.15) is 49.5 Å². The predicted octanol–water partition coefficient (Wildman–Crippen LogP) is 4.88. The summed E-state index contributed by atoms with van der Waals surface area (Å²) in [5.74, 6) is -0.790. The Morgan fingerprint density at radius 2 is 1.65 bits per heavy atom. The summed E-state index contributed by atoms with van der Waals surface area (Å²) in [6.45, 7) is 6.89. The maximum atomic E-state index is 13.6. The number of carbonyl (C=O) groups excluding carboxylic acids is 2. The van der Waals surface area contributed by atoms with Crippen LogP contribution in [0.2, 0.25) is 0 Å². The van der Waals surface area contributed by atoms with E-state index in [1.807, 2.05) is 57.2 Å². The molecule has 2 atom stereocenters. The summed E-state index contributed by atoms with van der Waals surface area (Å²) >= 11 is 0. The highest BCUT2D eigenvalue weighted by Gasteiger charge is 2.30. The van der Waals surface area contributed by atoms with Crippen molar-refractivity contribution in [1.29, 1.82) is 0 Å². The number of rotatable bonds is 10. The molecule has 0 heterocycles. The lowest BCUT2D eigenvalue weighted by Gasteiger charge is -2.31. The van der Waals surface area contributed by atoms with Crippen LogP contribution >= 0.6 is 0 Å². The first-order chi connectivity index (χ1) is 16.4. The summed E-state index contributed by atoms with van der Waals surface area (Å²) in [7, 11) is 0. The predicted molar refractivity (Wildman–Crippen MR) is 135 cm³/mol. The van der Waals surface area contributed by atoms with Gasteiger partial charge in [0.25, 0.3) is 5.91 Å². The molecule has 0 spiro atoms. The van der Waals surface area contributed by atoms with Crippen LogP contribution in [0.3, 0.4) is 0 Å². The Labute approximate surface area is 201 Å². The second kappa shape index (κ2) is 11.5. The summed E-state index contributed by atoms with van der Waals surface area (Å²) in [6, 6.07) is 17.5. The maximum absolute atomic E-state index is 13.6. The Balaban J connectivity index is 1.82. The normalized spacial score (nSPS) is 12.8. The van der Waals surface area contributed by atoms with Gasteiger partial charge in [0.1, 0.15) is 6.04 Å². The van der Waals surface area contributed by atoms with E-state index in [2.05, 4.69) is 5.32 Å². The number of benzene rings is 3. The SMILES string of the molecule is CCCN(CCc1cccc(O)c1O)C(=O)[C@@H](NC(=O)c1cccc2ccccc12)C(C)CC. The average Bonchev–Trinajstić information content (AvgIpc) is 2.86. The number of nitrogens with one attached hydrogen (secondary N) is 1. The summed E-state index contributed by atoms with van der Waals surface area (Å²) in [4.78, 5) is 28.7. The lowest BCUT2D eigenvalue weighted by Crippen LogP contribution is -2.52. The standard InChI is InChI=1S/C28H34N2O4/c1-4-17-30(18-16-21-12-9-15-24(31)26(21)32)28(34)25(19(3)5-2)29-27(33)23-14-8-11-20-10-6-7-13-22(20)23/h6-15,19,25,31-32H,4-5,16-18H2,1-3H3,(H,29,33)/t19?,25-/m0/s1. The van der Waals surface area contributed by atoms with Crippen molar-refractivity contribution in [3.8, 4) is 11.5 Å². The number of phenols is 2. The molecule has 0 bridgehead atoms. The number of aromatic hydroxyl groups is 2. The number of hydrogen-bond donors (Lipinski definition) is 3. The Bertz CT molecular complexity index is 1140. The van der Waals surface area contributed by atoms with Gasteiger partial charge >= 0.3 is 0 Å². The summed E-state index contributed by atoms with van der Waals surface area (Å²) in [5, 5.41) is 24.7. The van der Waals surface area contributed by atoms with Crippen molar-refractivity contribution < 1.29 is 19.8 Å². The number of hydrogen-bond acceptors (Lipinski definition) is 4. The molecule has 6 nitrogen and oxygen atoms in total. The van der Waals surface area contributed by atoms with E-state index in [0.29, 0.717) is 30.6 Å². The molecule has 0 aliphatic carbocycles. The Hall–Kier alpha value is -3.54. The van der Waals surface area contributed by atoms with Gasteiger partial charge in [0.05, 0.1) is 0 Å². The van der Waals surface area contributed by atoms with Crippen LogP contribution in [0.15, 0.2) is 60.7 Å². The zero-order chi connectivity index (χ0) is 24.7. The largest absolute Gasteiger partial charge is 0.504 e. The number of nitrogens with zero attached hydrogens (tertiary/aromatic N) is 1. The van der Waals surface area contributed by atoms with Crippen LogP contribution in [0.5, 0.6) is 11.5 Å². The van der Waals surface area contributed by atoms with Gasteiger partial charge in [-0.3, -0.25) is 9.59 Å². The van der Waals surface area contributed by atoms with E-state index in [-0.39, 0.29) is 29.2 Å². The van der Waals surface area contributed by atoms with Gasteiger partial charge in [-0.05, 0) is 47.2 Å². The monoisotopic (exact) mass is 462 g/mol. The molecular weight excluding hydrogens is 428 g/mol. The minimum atomic E-state index is -0.666. The van der Waals surface area contributed by atoms with Crippen molar-refractivity contribution in [2.75, 3.05) is 13.1 Å². The highest BCUT2D eigenvalue weighted by atomic mass is 16.3. The lowest BCUT2D eigenvalue weighted by molar-refractivity contribution is -0.134. The first kappa shape index (κ1) is 25.1. The second-order valence-electron chi connectivity index (χ2n) is 8.72. The number of carbonyl (C=O) groups is 2. The number of para-hydroxylation sites is 1. The van der Waals surface area contributed by atoms with Gasteiger partial charge in [-0.2, -0.15) is 0 Å². The molecule has 6 heteroatoms. The van der Waals surface area contributed by atoms with Crippen LogP contribution in [0.4, 0.5) is 0 Å². The van der Waals surface area contributed by atoms with E-state index in [1.165, 1.54) is 6.07 Å². The first-order valence-corrected chi connectivity index (χ1v) is 11.9. The Morgan fingerprint density at radius 1 is 0.941 bits per heavy atom. The fourth-order valence-electron chi connectivity index (χ4n) is 4.16. The van der Waals surface area contributed by atoms with E-state index in [9.17, 15) is 19.8 Å². The van der Waals surface area contributed by atoms with Gasteiger partial charge in [-0.15, -0.1) is 0 Å². The third-order valence-corrected chi connectivity index (χ3v) is 6.35. The zero-order valence-corrected chi connectivity index (χ0v) is 20.1. The Morgan fingerprint density at radius 3 is 2.38 bits per heavy atom. The smallest absolute Gasteiger partial charge is 0.252 e. The summed E-state index contributed by atoms with van der Waals surface area (Å²) in [6.07, 6.45) is 1.90. The zero-order valence-electron chi connectivity index (χ0n) is 20.1. The van der Waals surface area contributed by atoms with Crippen molar-refractivity contribution in [3.63, 3.8) is 0 Å². The molecule has 3 N–H and O–H groups in total. The number of fused-ring (bicyclic) bond motifs is 1. The van der Waals surface area contributed by atoms with Gasteiger partial charge in [0.2, 0.25) is 5.91 Å². The third-order valence-electron chi connectivity index (χ3n) is 6.35. The van der Waals surface area contributed by atoms with E-state index in [1.54, 1.807) is 23.1 Å². The van der Waals surface area contributed by atoms with Crippen LogP contribution in [-0.4, -0.2) is 46.1 Å². The molecule has 0 fully saturated rings. The molecule has 180 valence electrons. The first-order valence-electron chi connectivity index (χ1n) is 11.9. The fraction of sp³-hybridized carbons (Fsp3) is 0.357. The highest BCUT2D eigenvalue weighted by Crippen LogP contribution is 2.28. The third kappa shape index (κ3) is 5.68. The Kier molecular flexibility index (Phi) is 8.52. The summed E-state index contributed by atoms with van der Waals surface area (Å²) in [5.41, 5.74) is 1.12. The van der Waals surface area contributed by atoms with Crippen molar-refractivity contribution in [2.24, 2.45) is 5.92 Å². The molecule has 0 saturated carbocycles. The van der Waals surface area contributed by atoms with E-state index < -0.39 is 6.04 Å². The lowest BCUT2D eigenvalue weighted by atomic mass is 9.96. The van der Waals surface area contributed by atoms with Crippen molar-refractivity contribution in [3.05, 3.63) is 71.8 Å². The molecule has 0 aliphatic rings. The molecule has 34 heavy (non-hydrogen) atoms. The molecule has 2 amide bonds. The van der Waals surface area contributed by atoms with Crippen molar-refractivity contribution in [2.45, 2.75) is 46.1 Å². The molecular formula is C28H34N2O4. The molecule has 1 unspecified atom stereocenters. The molecule has 3 aromatic rings. The van der Waals surface area contributed by atoms with Crippen LogP contribution in [-0.2, 0) is 11.2 Å². The van der Waals surface area contributed by atoms with Gasteiger partial charge in [-0.1, -0.05) is 75.7 Å². The quantitative estimate of drug-likeness (QED) is 0.375. The van der Waals surface area contributed by atoms with E-state index in [0.717, 1.165) is 23.6 Å². The van der Waals surface area contributed by atoms with Gasteiger partial charge in [-0.25, -0.2) is 0 Å². The number of amides is 2. The maximum Gasteiger partial charge on any atom is 0.252 e.